The van der Waals surface area contributed by atoms with Crippen molar-refractivity contribution in [2.45, 2.75) is 12.8 Å². The topological polar surface area (TPSA) is 52.7 Å². The van der Waals surface area contributed by atoms with Crippen molar-refractivity contribution in [1.82, 2.24) is 4.98 Å². The van der Waals surface area contributed by atoms with Gasteiger partial charge in [-0.3, -0.25) is 0 Å². The van der Waals surface area contributed by atoms with E-state index in [9.17, 15) is 5.26 Å². The lowest BCUT2D eigenvalue weighted by molar-refractivity contribution is 0.579. The van der Waals surface area contributed by atoms with Crippen LogP contribution in [0.4, 0.5) is 0 Å². The van der Waals surface area contributed by atoms with Gasteiger partial charge < -0.3 is 9.40 Å². The normalized spacial score (nSPS) is 12.3. The molecular formula is C18H12N2OS. The quantitative estimate of drug-likeness (QED) is 0.666. The Morgan fingerprint density at radius 2 is 2.00 bits per heavy atom. The molecule has 1 N–H and O–H groups in total. The van der Waals surface area contributed by atoms with Crippen molar-refractivity contribution in [3.63, 3.8) is 0 Å². The molecule has 22 heavy (non-hydrogen) atoms. The Morgan fingerprint density at radius 3 is 2.77 bits per heavy atom. The molecule has 2 aromatic heterocycles. The Labute approximate surface area is 132 Å². The lowest BCUT2D eigenvalue weighted by Crippen LogP contribution is -2.09. The molecule has 3 aromatic rings. The summed E-state index contributed by atoms with van der Waals surface area (Å²) >= 11 is 5.41. The molecule has 0 atom stereocenters. The smallest absolute Gasteiger partial charge is 0.150 e. The summed E-state index contributed by atoms with van der Waals surface area (Å²) in [4.78, 5) is 3.19. The van der Waals surface area contributed by atoms with Crippen LogP contribution in [0.3, 0.4) is 0 Å². The third kappa shape index (κ3) is 1.83. The average Bonchev–Trinajstić information content (AvgIpc) is 3.08. The largest absolute Gasteiger partial charge is 0.463 e. The number of fused-ring (bicyclic) bond motifs is 3. The van der Waals surface area contributed by atoms with Crippen LogP contribution in [-0.4, -0.2) is 4.98 Å². The summed E-state index contributed by atoms with van der Waals surface area (Å²) < 4.78 is 6.00. The number of benzene rings is 1. The van der Waals surface area contributed by atoms with Gasteiger partial charge in [0.1, 0.15) is 16.5 Å². The van der Waals surface area contributed by atoms with Crippen LogP contribution < -0.4 is 0 Å². The van der Waals surface area contributed by atoms with E-state index in [1.54, 1.807) is 6.26 Å². The zero-order valence-electron chi connectivity index (χ0n) is 11.7. The van der Waals surface area contributed by atoms with E-state index in [-0.39, 0.29) is 0 Å². The summed E-state index contributed by atoms with van der Waals surface area (Å²) in [6.07, 6.45) is 3.46. The SMILES string of the molecule is N#Cc1c2c(c(-c3ccco3)[nH]c1=S)CCc1ccccc1-2. The fraction of sp³-hybridized carbons (Fsp3) is 0.111. The number of furan rings is 1. The van der Waals surface area contributed by atoms with E-state index in [1.165, 1.54) is 5.56 Å². The lowest BCUT2D eigenvalue weighted by atomic mass is 9.82. The van der Waals surface area contributed by atoms with Crippen LogP contribution in [0.5, 0.6) is 0 Å². The number of aromatic nitrogens is 1. The highest BCUT2D eigenvalue weighted by molar-refractivity contribution is 7.71. The minimum atomic E-state index is 0.462. The van der Waals surface area contributed by atoms with Crippen LogP contribution in [-0.2, 0) is 12.8 Å². The fourth-order valence-electron chi connectivity index (χ4n) is 3.17. The standard InChI is InChI=1S/C18H12N2OS/c19-10-14-16-12-5-2-1-4-11(12)7-8-13(16)17(20-18(14)22)15-6-3-9-21-15/h1-6,9H,7-8H2,(H,20,22). The van der Waals surface area contributed by atoms with Gasteiger partial charge in [0, 0.05) is 5.56 Å². The summed E-state index contributed by atoms with van der Waals surface area (Å²) in [6, 6.07) is 14.3. The maximum Gasteiger partial charge on any atom is 0.150 e. The molecule has 0 amide bonds. The first-order valence-electron chi connectivity index (χ1n) is 7.11. The van der Waals surface area contributed by atoms with Gasteiger partial charge in [0.2, 0.25) is 0 Å². The van der Waals surface area contributed by atoms with Gasteiger partial charge in [-0.25, -0.2) is 0 Å². The molecule has 0 bridgehead atoms. The number of aryl methyl sites for hydroxylation is 1. The number of nitriles is 1. The van der Waals surface area contributed by atoms with Crippen LogP contribution in [0.2, 0.25) is 0 Å². The maximum absolute atomic E-state index is 9.56. The third-order valence-electron chi connectivity index (χ3n) is 4.13. The van der Waals surface area contributed by atoms with E-state index in [4.69, 9.17) is 16.6 Å². The van der Waals surface area contributed by atoms with Crippen molar-refractivity contribution in [2.24, 2.45) is 0 Å². The minimum Gasteiger partial charge on any atom is -0.463 e. The van der Waals surface area contributed by atoms with Gasteiger partial charge in [0.25, 0.3) is 0 Å². The van der Waals surface area contributed by atoms with Gasteiger partial charge in [0.05, 0.1) is 17.5 Å². The van der Waals surface area contributed by atoms with Crippen molar-refractivity contribution in [3.05, 3.63) is 64.0 Å². The Balaban J connectivity index is 2.12. The molecule has 0 fully saturated rings. The van der Waals surface area contributed by atoms with E-state index in [0.29, 0.717) is 10.2 Å². The molecule has 1 aliphatic carbocycles. The number of hydrogen-bond donors (Lipinski definition) is 1. The van der Waals surface area contributed by atoms with Gasteiger partial charge in [0.15, 0.2) is 0 Å². The van der Waals surface area contributed by atoms with E-state index in [1.807, 2.05) is 24.3 Å². The van der Waals surface area contributed by atoms with E-state index >= 15 is 0 Å². The molecule has 1 aliphatic rings. The molecule has 0 spiro atoms. The molecule has 0 saturated heterocycles. The molecule has 106 valence electrons. The van der Waals surface area contributed by atoms with Crippen LogP contribution >= 0.6 is 12.2 Å². The Kier molecular flexibility index (Phi) is 2.95. The molecule has 0 saturated carbocycles. The maximum atomic E-state index is 9.56. The summed E-state index contributed by atoms with van der Waals surface area (Å²) in [6.45, 7) is 0. The first-order chi connectivity index (χ1) is 10.8. The molecule has 4 rings (SSSR count). The first kappa shape index (κ1) is 13.1. The van der Waals surface area contributed by atoms with Crippen molar-refractivity contribution < 1.29 is 4.42 Å². The average molecular weight is 304 g/mol. The zero-order valence-corrected chi connectivity index (χ0v) is 12.5. The van der Waals surface area contributed by atoms with Gasteiger partial charge in [-0.1, -0.05) is 36.5 Å². The van der Waals surface area contributed by atoms with Gasteiger partial charge in [-0.15, -0.1) is 0 Å². The Morgan fingerprint density at radius 1 is 1.14 bits per heavy atom. The predicted octanol–water partition coefficient (Wildman–Crippen LogP) is 4.64. The van der Waals surface area contributed by atoms with Crippen molar-refractivity contribution >= 4 is 12.2 Å². The minimum absolute atomic E-state index is 0.462. The monoisotopic (exact) mass is 304 g/mol. The highest BCUT2D eigenvalue weighted by Crippen LogP contribution is 2.40. The van der Waals surface area contributed by atoms with Gasteiger partial charge >= 0.3 is 0 Å². The lowest BCUT2D eigenvalue weighted by Gasteiger charge is -2.23. The number of nitrogens with one attached hydrogen (secondary N) is 1. The van der Waals surface area contributed by atoms with Crippen LogP contribution in [0.15, 0.2) is 47.1 Å². The van der Waals surface area contributed by atoms with Crippen LogP contribution in [0.25, 0.3) is 22.6 Å². The van der Waals surface area contributed by atoms with Crippen molar-refractivity contribution in [1.29, 1.82) is 5.26 Å². The number of nitrogens with zero attached hydrogens (tertiary/aromatic N) is 1. The number of hydrogen-bond acceptors (Lipinski definition) is 3. The molecule has 4 heteroatoms. The fourth-order valence-corrected chi connectivity index (χ4v) is 3.42. The second-order valence-electron chi connectivity index (χ2n) is 5.30. The predicted molar refractivity (Wildman–Crippen MR) is 86.9 cm³/mol. The van der Waals surface area contributed by atoms with Crippen LogP contribution in [0, 0.1) is 16.0 Å². The Bertz CT molecular complexity index is 962. The molecule has 0 unspecified atom stereocenters. The second-order valence-corrected chi connectivity index (χ2v) is 5.71. The van der Waals surface area contributed by atoms with Crippen molar-refractivity contribution in [2.75, 3.05) is 0 Å². The number of H-pyrrole nitrogens is 1. The second kappa shape index (κ2) is 4.97. The number of pyridine rings is 1. The molecule has 3 nitrogen and oxygen atoms in total. The highest BCUT2D eigenvalue weighted by atomic mass is 32.1. The number of rotatable bonds is 1. The summed E-state index contributed by atoms with van der Waals surface area (Å²) in [5, 5.41) is 9.56. The summed E-state index contributed by atoms with van der Waals surface area (Å²) in [5.74, 6) is 0.756. The summed E-state index contributed by atoms with van der Waals surface area (Å²) in [5.41, 5.74) is 5.87. The zero-order chi connectivity index (χ0) is 15.1. The van der Waals surface area contributed by atoms with E-state index in [0.717, 1.165) is 41.0 Å². The molecule has 0 aliphatic heterocycles. The first-order valence-corrected chi connectivity index (χ1v) is 7.52. The molecular weight excluding hydrogens is 292 g/mol. The molecule has 0 radical (unpaired) electrons. The Hall–Kier alpha value is -2.64. The van der Waals surface area contributed by atoms with Crippen LogP contribution in [0.1, 0.15) is 16.7 Å². The van der Waals surface area contributed by atoms with E-state index in [2.05, 4.69) is 23.2 Å². The van der Waals surface area contributed by atoms with Gasteiger partial charge in [-0.05, 0) is 41.7 Å². The highest BCUT2D eigenvalue weighted by Gasteiger charge is 2.24. The van der Waals surface area contributed by atoms with Gasteiger partial charge in [-0.2, -0.15) is 5.26 Å². The third-order valence-corrected chi connectivity index (χ3v) is 4.44. The summed E-state index contributed by atoms with van der Waals surface area (Å²) in [7, 11) is 0. The number of aromatic amines is 1. The molecule has 1 aromatic carbocycles. The molecule has 2 heterocycles. The van der Waals surface area contributed by atoms with Crippen molar-refractivity contribution in [3.8, 4) is 28.7 Å². The van der Waals surface area contributed by atoms with E-state index < -0.39 is 0 Å².